The molecule has 1 saturated heterocycles. The molecule has 2 heterocycles. The van der Waals surface area contributed by atoms with Crippen molar-refractivity contribution in [3.63, 3.8) is 0 Å². The molecule has 7 heteroatoms. The van der Waals surface area contributed by atoms with Crippen molar-refractivity contribution in [2.24, 2.45) is 0 Å². The van der Waals surface area contributed by atoms with Gasteiger partial charge >= 0.3 is 0 Å². The van der Waals surface area contributed by atoms with E-state index in [1.807, 2.05) is 23.1 Å². The van der Waals surface area contributed by atoms with Gasteiger partial charge in [0.15, 0.2) is 11.0 Å². The average Bonchev–Trinajstić information content (AvgIpc) is 3.21. The highest BCUT2D eigenvalue weighted by molar-refractivity contribution is 7.98. The maximum absolute atomic E-state index is 12.7. The van der Waals surface area contributed by atoms with Crippen LogP contribution in [0.25, 0.3) is 11.4 Å². The van der Waals surface area contributed by atoms with E-state index in [-0.39, 0.29) is 5.91 Å². The van der Waals surface area contributed by atoms with Gasteiger partial charge in [-0.15, -0.1) is 10.2 Å². The predicted octanol–water partition coefficient (Wildman–Crippen LogP) is 4.04. The summed E-state index contributed by atoms with van der Waals surface area (Å²) in [6.45, 7) is 7.50. The third kappa shape index (κ3) is 4.57. The summed E-state index contributed by atoms with van der Waals surface area (Å²) in [5.74, 6) is 1.69. The van der Waals surface area contributed by atoms with Crippen molar-refractivity contribution >= 4 is 17.7 Å². The zero-order valence-corrected chi connectivity index (χ0v) is 18.2. The standard InChI is InChI=1S/C23H26N4O2S/c1-3-27-21(19-9-7-17(2)8-10-19)24-25-23(27)30-16-18-5-4-6-20(15-18)22(28)26-11-13-29-14-12-26/h4-10,15H,3,11-14,16H2,1-2H3. The van der Waals surface area contributed by atoms with E-state index in [4.69, 9.17) is 4.74 Å². The second-order valence-corrected chi connectivity index (χ2v) is 8.25. The summed E-state index contributed by atoms with van der Waals surface area (Å²) in [6.07, 6.45) is 0. The van der Waals surface area contributed by atoms with E-state index in [0.717, 1.165) is 40.0 Å². The van der Waals surface area contributed by atoms with Crippen molar-refractivity contribution in [2.75, 3.05) is 26.3 Å². The van der Waals surface area contributed by atoms with Gasteiger partial charge in [-0.2, -0.15) is 0 Å². The van der Waals surface area contributed by atoms with Crippen LogP contribution in [0.3, 0.4) is 0 Å². The molecule has 4 rings (SSSR count). The monoisotopic (exact) mass is 422 g/mol. The molecule has 3 aromatic rings. The van der Waals surface area contributed by atoms with Crippen molar-refractivity contribution in [1.82, 2.24) is 19.7 Å². The van der Waals surface area contributed by atoms with Crippen LogP contribution in [-0.4, -0.2) is 51.9 Å². The van der Waals surface area contributed by atoms with Crippen LogP contribution < -0.4 is 0 Å². The lowest BCUT2D eigenvalue weighted by molar-refractivity contribution is 0.0303. The minimum Gasteiger partial charge on any atom is -0.378 e. The first kappa shape index (κ1) is 20.6. The Labute approximate surface area is 181 Å². The summed E-state index contributed by atoms with van der Waals surface area (Å²) in [7, 11) is 0. The first-order chi connectivity index (χ1) is 14.7. The molecular formula is C23H26N4O2S. The summed E-state index contributed by atoms with van der Waals surface area (Å²) in [4.78, 5) is 14.6. The average molecular weight is 423 g/mol. The molecule has 30 heavy (non-hydrogen) atoms. The summed E-state index contributed by atoms with van der Waals surface area (Å²) >= 11 is 1.64. The molecule has 0 N–H and O–H groups in total. The fraction of sp³-hybridized carbons (Fsp3) is 0.348. The molecule has 6 nitrogen and oxygen atoms in total. The third-order valence-corrected chi connectivity index (χ3v) is 6.22. The number of carbonyl (C=O) groups is 1. The zero-order valence-electron chi connectivity index (χ0n) is 17.4. The van der Waals surface area contributed by atoms with Gasteiger partial charge < -0.3 is 14.2 Å². The SMILES string of the molecule is CCn1c(SCc2cccc(C(=O)N3CCOCC3)c2)nnc1-c1ccc(C)cc1. The Hall–Kier alpha value is -2.64. The maximum atomic E-state index is 12.7. The van der Waals surface area contributed by atoms with Crippen molar-refractivity contribution in [3.05, 3.63) is 65.2 Å². The second kappa shape index (κ2) is 9.45. The number of thioether (sulfide) groups is 1. The van der Waals surface area contributed by atoms with E-state index in [1.165, 1.54) is 5.56 Å². The van der Waals surface area contributed by atoms with Gasteiger partial charge in [0.1, 0.15) is 0 Å². The van der Waals surface area contributed by atoms with Crippen LogP contribution in [-0.2, 0) is 17.0 Å². The number of amides is 1. The Bertz CT molecular complexity index is 1010. The van der Waals surface area contributed by atoms with Crippen LogP contribution in [0, 0.1) is 6.92 Å². The van der Waals surface area contributed by atoms with E-state index in [0.29, 0.717) is 26.3 Å². The molecule has 0 unspecified atom stereocenters. The van der Waals surface area contributed by atoms with E-state index >= 15 is 0 Å². The smallest absolute Gasteiger partial charge is 0.254 e. The summed E-state index contributed by atoms with van der Waals surface area (Å²) < 4.78 is 7.48. The van der Waals surface area contributed by atoms with Crippen LogP contribution in [0.15, 0.2) is 53.7 Å². The van der Waals surface area contributed by atoms with E-state index in [1.54, 1.807) is 11.8 Å². The number of aromatic nitrogens is 3. The normalized spacial score (nSPS) is 14.1. The van der Waals surface area contributed by atoms with Crippen molar-refractivity contribution in [3.8, 4) is 11.4 Å². The van der Waals surface area contributed by atoms with Crippen LogP contribution in [0.5, 0.6) is 0 Å². The molecule has 1 fully saturated rings. The number of benzene rings is 2. The highest BCUT2D eigenvalue weighted by Gasteiger charge is 2.19. The Morgan fingerprint density at radius 3 is 2.60 bits per heavy atom. The summed E-state index contributed by atoms with van der Waals surface area (Å²) in [5.41, 5.74) is 4.12. The van der Waals surface area contributed by atoms with Gasteiger partial charge in [-0.3, -0.25) is 4.79 Å². The number of hydrogen-bond donors (Lipinski definition) is 0. The number of morpholine rings is 1. The lowest BCUT2D eigenvalue weighted by Gasteiger charge is -2.27. The Kier molecular flexibility index (Phi) is 6.50. The second-order valence-electron chi connectivity index (χ2n) is 7.31. The molecule has 1 aliphatic heterocycles. The minimum atomic E-state index is 0.0727. The van der Waals surface area contributed by atoms with Crippen molar-refractivity contribution < 1.29 is 9.53 Å². The minimum absolute atomic E-state index is 0.0727. The first-order valence-electron chi connectivity index (χ1n) is 10.2. The molecular weight excluding hydrogens is 396 g/mol. The van der Waals surface area contributed by atoms with Gasteiger partial charge in [0, 0.05) is 36.5 Å². The number of ether oxygens (including phenoxy) is 1. The highest BCUT2D eigenvalue weighted by Crippen LogP contribution is 2.27. The van der Waals surface area contributed by atoms with Gasteiger partial charge in [-0.1, -0.05) is 53.7 Å². The van der Waals surface area contributed by atoms with Crippen LogP contribution >= 0.6 is 11.8 Å². The topological polar surface area (TPSA) is 60.2 Å². The number of rotatable bonds is 6. The van der Waals surface area contributed by atoms with Crippen LogP contribution in [0.1, 0.15) is 28.4 Å². The number of aryl methyl sites for hydroxylation is 1. The molecule has 1 aromatic heterocycles. The Morgan fingerprint density at radius 2 is 1.87 bits per heavy atom. The van der Waals surface area contributed by atoms with E-state index < -0.39 is 0 Å². The lowest BCUT2D eigenvalue weighted by atomic mass is 10.1. The first-order valence-corrected chi connectivity index (χ1v) is 11.2. The molecule has 0 radical (unpaired) electrons. The largest absolute Gasteiger partial charge is 0.378 e. The molecule has 0 aliphatic carbocycles. The number of nitrogens with zero attached hydrogens (tertiary/aromatic N) is 4. The highest BCUT2D eigenvalue weighted by atomic mass is 32.2. The number of carbonyl (C=O) groups excluding carboxylic acids is 1. The molecule has 0 saturated carbocycles. The van der Waals surface area contributed by atoms with Gasteiger partial charge in [-0.25, -0.2) is 0 Å². The Morgan fingerprint density at radius 1 is 1.10 bits per heavy atom. The van der Waals surface area contributed by atoms with Crippen molar-refractivity contribution in [2.45, 2.75) is 31.3 Å². The maximum Gasteiger partial charge on any atom is 0.254 e. The molecule has 0 spiro atoms. The third-order valence-electron chi connectivity index (χ3n) is 5.18. The molecule has 2 aromatic carbocycles. The molecule has 156 valence electrons. The van der Waals surface area contributed by atoms with Crippen LogP contribution in [0.2, 0.25) is 0 Å². The molecule has 1 aliphatic rings. The van der Waals surface area contributed by atoms with E-state index in [9.17, 15) is 4.79 Å². The summed E-state index contributed by atoms with van der Waals surface area (Å²) in [5, 5.41) is 9.73. The molecule has 0 atom stereocenters. The quantitative estimate of drug-likeness (QED) is 0.561. The molecule has 0 bridgehead atoms. The lowest BCUT2D eigenvalue weighted by Crippen LogP contribution is -2.40. The van der Waals surface area contributed by atoms with Gasteiger partial charge in [0.25, 0.3) is 5.91 Å². The zero-order chi connectivity index (χ0) is 20.9. The van der Waals surface area contributed by atoms with Gasteiger partial charge in [0.2, 0.25) is 0 Å². The van der Waals surface area contributed by atoms with E-state index in [2.05, 4.69) is 58.9 Å². The Balaban J connectivity index is 1.47. The van der Waals surface area contributed by atoms with Gasteiger partial charge in [-0.05, 0) is 31.5 Å². The predicted molar refractivity (Wildman–Crippen MR) is 119 cm³/mol. The van der Waals surface area contributed by atoms with Crippen molar-refractivity contribution in [1.29, 1.82) is 0 Å². The number of hydrogen-bond acceptors (Lipinski definition) is 5. The molecule has 1 amide bonds. The fourth-order valence-corrected chi connectivity index (χ4v) is 4.43. The fourth-order valence-electron chi connectivity index (χ4n) is 3.49. The summed E-state index contributed by atoms with van der Waals surface area (Å²) in [6, 6.07) is 16.2. The van der Waals surface area contributed by atoms with Gasteiger partial charge in [0.05, 0.1) is 13.2 Å². The van der Waals surface area contributed by atoms with Crippen LogP contribution in [0.4, 0.5) is 0 Å².